The number of hydrogen-bond acceptors (Lipinski definition) is 2. The molecule has 0 radical (unpaired) electrons. The second kappa shape index (κ2) is 4.74. The molecular weight excluding hydrogens is 224 g/mol. The van der Waals surface area contributed by atoms with Gasteiger partial charge >= 0.3 is 0 Å². The van der Waals surface area contributed by atoms with Gasteiger partial charge in [-0.15, -0.1) is 0 Å². The van der Waals surface area contributed by atoms with Crippen LogP contribution in [-0.2, 0) is 0 Å². The van der Waals surface area contributed by atoms with E-state index < -0.39 is 11.6 Å². The Hall–Kier alpha value is -2.23. The minimum absolute atomic E-state index is 0.0631. The van der Waals surface area contributed by atoms with Crippen LogP contribution in [0.25, 0.3) is 0 Å². The smallest absolute Gasteiger partial charge is 0.128 e. The predicted octanol–water partition coefficient (Wildman–Crippen LogP) is 3.42. The summed E-state index contributed by atoms with van der Waals surface area (Å²) in [6.45, 7) is 0. The van der Waals surface area contributed by atoms with Gasteiger partial charge in [-0.05, 0) is 24.3 Å². The summed E-state index contributed by atoms with van der Waals surface area (Å²) in [5.74, 6) is -1.31. The van der Waals surface area contributed by atoms with Crippen LogP contribution in [0, 0.1) is 11.6 Å². The fraction of sp³-hybridized carbons (Fsp3) is 0. The minimum Gasteiger partial charge on any atom is -0.507 e. The minimum atomic E-state index is -0.686. The molecule has 0 bridgehead atoms. The maximum atomic E-state index is 12.9. The van der Waals surface area contributed by atoms with E-state index in [4.69, 9.17) is 0 Å². The molecule has 86 valence electrons. The molecule has 2 rings (SSSR count). The summed E-state index contributed by atoms with van der Waals surface area (Å²) in [6, 6.07) is 9.56. The van der Waals surface area contributed by atoms with Crippen molar-refractivity contribution in [2.75, 3.05) is 0 Å². The lowest BCUT2D eigenvalue weighted by molar-refractivity contribution is 0.474. The summed E-state index contributed by atoms with van der Waals surface area (Å²) in [7, 11) is 0. The Labute approximate surface area is 96.9 Å². The number of rotatable bonds is 2. The topological polar surface area (TPSA) is 32.6 Å². The van der Waals surface area contributed by atoms with Crippen LogP contribution in [0.3, 0.4) is 0 Å². The summed E-state index contributed by atoms with van der Waals surface area (Å²) in [6.07, 6.45) is 1.35. The molecule has 17 heavy (non-hydrogen) atoms. The van der Waals surface area contributed by atoms with E-state index >= 15 is 0 Å². The van der Waals surface area contributed by atoms with Gasteiger partial charge in [0, 0.05) is 17.8 Å². The average molecular weight is 233 g/mol. The van der Waals surface area contributed by atoms with Crippen molar-refractivity contribution in [3.05, 3.63) is 59.7 Å². The Balaban J connectivity index is 2.29. The van der Waals surface area contributed by atoms with Gasteiger partial charge < -0.3 is 5.11 Å². The lowest BCUT2D eigenvalue weighted by atomic mass is 10.2. The van der Waals surface area contributed by atoms with E-state index in [2.05, 4.69) is 4.99 Å². The first-order chi connectivity index (χ1) is 8.15. The second-order valence-corrected chi connectivity index (χ2v) is 3.44. The lowest BCUT2D eigenvalue weighted by Gasteiger charge is -1.98. The van der Waals surface area contributed by atoms with Crippen molar-refractivity contribution in [1.29, 1.82) is 0 Å². The van der Waals surface area contributed by atoms with Crippen molar-refractivity contribution >= 4 is 11.9 Å². The van der Waals surface area contributed by atoms with Gasteiger partial charge in [-0.3, -0.25) is 4.99 Å². The molecule has 2 nitrogen and oxygen atoms in total. The molecular formula is C13H9F2NO. The monoisotopic (exact) mass is 233 g/mol. The Morgan fingerprint density at radius 1 is 1.00 bits per heavy atom. The number of halogens is 2. The third-order valence-corrected chi connectivity index (χ3v) is 2.14. The number of nitrogens with zero attached hydrogens (tertiary/aromatic N) is 1. The van der Waals surface area contributed by atoms with Crippen molar-refractivity contribution < 1.29 is 13.9 Å². The molecule has 0 atom stereocenters. The van der Waals surface area contributed by atoms with E-state index in [9.17, 15) is 13.9 Å². The molecule has 2 aromatic rings. The van der Waals surface area contributed by atoms with E-state index in [1.54, 1.807) is 18.2 Å². The molecule has 0 fully saturated rings. The second-order valence-electron chi connectivity index (χ2n) is 3.44. The summed E-state index contributed by atoms with van der Waals surface area (Å²) in [5, 5.41) is 9.46. The van der Waals surface area contributed by atoms with Crippen molar-refractivity contribution in [3.63, 3.8) is 0 Å². The van der Waals surface area contributed by atoms with Crippen LogP contribution in [0.15, 0.2) is 47.5 Å². The van der Waals surface area contributed by atoms with Gasteiger partial charge in [-0.1, -0.05) is 12.1 Å². The molecule has 0 spiro atoms. The van der Waals surface area contributed by atoms with Crippen LogP contribution in [0.5, 0.6) is 5.75 Å². The highest BCUT2D eigenvalue weighted by Gasteiger charge is 1.99. The highest BCUT2D eigenvalue weighted by molar-refractivity contribution is 5.85. The quantitative estimate of drug-likeness (QED) is 0.792. The first kappa shape index (κ1) is 11.3. The molecule has 0 heterocycles. The van der Waals surface area contributed by atoms with Gasteiger partial charge in [0.1, 0.15) is 17.4 Å². The van der Waals surface area contributed by atoms with Crippen LogP contribution < -0.4 is 0 Å². The molecule has 2 aromatic carbocycles. The third-order valence-electron chi connectivity index (χ3n) is 2.14. The van der Waals surface area contributed by atoms with Crippen LogP contribution in [0.1, 0.15) is 5.56 Å². The molecule has 0 saturated carbocycles. The number of benzene rings is 2. The third kappa shape index (κ3) is 2.87. The molecule has 0 aliphatic rings. The zero-order chi connectivity index (χ0) is 12.3. The predicted molar refractivity (Wildman–Crippen MR) is 61.7 cm³/mol. The molecule has 4 heteroatoms. The number of hydrogen-bond donors (Lipinski definition) is 1. The Morgan fingerprint density at radius 2 is 1.65 bits per heavy atom. The SMILES string of the molecule is Oc1ccccc1C=Nc1cc(F)cc(F)c1. The molecule has 0 amide bonds. The van der Waals surface area contributed by atoms with Gasteiger partial charge in [0.05, 0.1) is 5.69 Å². The largest absolute Gasteiger partial charge is 0.507 e. The average Bonchev–Trinajstić information content (AvgIpc) is 2.27. The Kier molecular flexibility index (Phi) is 3.14. The van der Waals surface area contributed by atoms with E-state index in [-0.39, 0.29) is 11.4 Å². The summed E-state index contributed by atoms with van der Waals surface area (Å²) in [5.41, 5.74) is 0.642. The normalized spacial score (nSPS) is 10.9. The molecule has 1 N–H and O–H groups in total. The fourth-order valence-corrected chi connectivity index (χ4v) is 1.35. The van der Waals surface area contributed by atoms with E-state index in [1.807, 2.05) is 0 Å². The first-order valence-corrected chi connectivity index (χ1v) is 4.93. The molecule has 0 aliphatic carbocycles. The van der Waals surface area contributed by atoms with Gasteiger partial charge in [-0.2, -0.15) is 0 Å². The number of phenols is 1. The summed E-state index contributed by atoms with van der Waals surface area (Å²) < 4.78 is 25.7. The van der Waals surface area contributed by atoms with Crippen molar-refractivity contribution in [2.45, 2.75) is 0 Å². The van der Waals surface area contributed by atoms with Gasteiger partial charge in [0.15, 0.2) is 0 Å². The zero-order valence-electron chi connectivity index (χ0n) is 8.77. The number of aromatic hydroxyl groups is 1. The van der Waals surface area contributed by atoms with Crippen LogP contribution in [0.2, 0.25) is 0 Å². The van der Waals surface area contributed by atoms with E-state index in [1.165, 1.54) is 12.3 Å². The lowest BCUT2D eigenvalue weighted by Crippen LogP contribution is -1.82. The van der Waals surface area contributed by atoms with E-state index in [0.717, 1.165) is 18.2 Å². The van der Waals surface area contributed by atoms with Gasteiger partial charge in [-0.25, -0.2) is 8.78 Å². The fourth-order valence-electron chi connectivity index (χ4n) is 1.35. The number of aliphatic imine (C=N–C) groups is 1. The molecule has 0 aliphatic heterocycles. The standard InChI is InChI=1S/C13H9F2NO/c14-10-5-11(15)7-12(6-10)16-8-9-3-1-2-4-13(9)17/h1-8,17H. The highest BCUT2D eigenvalue weighted by atomic mass is 19.1. The van der Waals surface area contributed by atoms with E-state index in [0.29, 0.717) is 5.56 Å². The van der Waals surface area contributed by atoms with Crippen LogP contribution >= 0.6 is 0 Å². The van der Waals surface area contributed by atoms with Crippen molar-refractivity contribution in [3.8, 4) is 5.75 Å². The molecule has 0 saturated heterocycles. The van der Waals surface area contributed by atoms with Crippen molar-refractivity contribution in [1.82, 2.24) is 0 Å². The molecule has 0 aromatic heterocycles. The summed E-state index contributed by atoms with van der Waals surface area (Å²) >= 11 is 0. The van der Waals surface area contributed by atoms with Gasteiger partial charge in [0.2, 0.25) is 0 Å². The number of para-hydroxylation sites is 1. The maximum absolute atomic E-state index is 12.9. The first-order valence-electron chi connectivity index (χ1n) is 4.93. The Bertz CT molecular complexity index is 547. The van der Waals surface area contributed by atoms with Gasteiger partial charge in [0.25, 0.3) is 0 Å². The van der Waals surface area contributed by atoms with Crippen LogP contribution in [0.4, 0.5) is 14.5 Å². The highest BCUT2D eigenvalue weighted by Crippen LogP contribution is 2.18. The number of phenolic OH excluding ortho intramolecular Hbond substituents is 1. The zero-order valence-corrected chi connectivity index (χ0v) is 8.77. The summed E-state index contributed by atoms with van der Waals surface area (Å²) in [4.78, 5) is 3.89. The van der Waals surface area contributed by atoms with Crippen LogP contribution in [-0.4, -0.2) is 11.3 Å². The maximum Gasteiger partial charge on any atom is 0.128 e. The van der Waals surface area contributed by atoms with Crippen molar-refractivity contribution in [2.24, 2.45) is 4.99 Å². The Morgan fingerprint density at radius 3 is 2.29 bits per heavy atom. The molecule has 0 unspecified atom stereocenters.